The molecule has 0 saturated heterocycles. The molecule has 2 aromatic rings. The fourth-order valence-electron chi connectivity index (χ4n) is 1.89. The Morgan fingerprint density at radius 3 is 2.36 bits per heavy atom. The van der Waals surface area contributed by atoms with Crippen LogP contribution in [-0.2, 0) is 4.79 Å². The topological polar surface area (TPSA) is 82.0 Å². The summed E-state index contributed by atoms with van der Waals surface area (Å²) in [6, 6.07) is 15.8. The molecule has 0 bridgehead atoms. The summed E-state index contributed by atoms with van der Waals surface area (Å²) in [5.41, 5.74) is 2.78. The lowest BCUT2D eigenvalue weighted by Crippen LogP contribution is -2.13. The van der Waals surface area contributed by atoms with Crippen LogP contribution in [0.1, 0.15) is 22.3 Å². The van der Waals surface area contributed by atoms with Gasteiger partial charge in [0.25, 0.3) is 5.91 Å². The predicted molar refractivity (Wildman–Crippen MR) is 84.4 cm³/mol. The van der Waals surface area contributed by atoms with Gasteiger partial charge in [-0.2, -0.15) is 5.26 Å². The van der Waals surface area contributed by atoms with Gasteiger partial charge in [-0.25, -0.2) is 0 Å². The third-order valence-electron chi connectivity index (χ3n) is 3.06. The number of carbonyl (C=O) groups is 2. The number of anilines is 2. The first-order valence-corrected chi connectivity index (χ1v) is 6.74. The minimum absolute atomic E-state index is 0.199. The van der Waals surface area contributed by atoms with Crippen LogP contribution < -0.4 is 10.6 Å². The molecule has 0 radical (unpaired) electrons. The second kappa shape index (κ2) is 7.04. The highest BCUT2D eigenvalue weighted by Gasteiger charge is 2.08. The van der Waals surface area contributed by atoms with Crippen molar-refractivity contribution >= 4 is 23.2 Å². The van der Waals surface area contributed by atoms with Crippen LogP contribution in [0.2, 0.25) is 0 Å². The van der Waals surface area contributed by atoms with Crippen molar-refractivity contribution in [2.75, 3.05) is 10.6 Å². The van der Waals surface area contributed by atoms with Crippen molar-refractivity contribution in [1.82, 2.24) is 0 Å². The molecule has 5 heteroatoms. The lowest BCUT2D eigenvalue weighted by atomic mass is 10.1. The maximum Gasteiger partial charge on any atom is 0.255 e. The number of carbonyl (C=O) groups excluding carboxylic acids is 2. The summed E-state index contributed by atoms with van der Waals surface area (Å²) < 4.78 is 0. The molecule has 0 saturated carbocycles. The monoisotopic (exact) mass is 293 g/mol. The molecule has 0 aliphatic rings. The molecule has 0 heterocycles. The van der Waals surface area contributed by atoms with Crippen LogP contribution in [0.5, 0.6) is 0 Å². The molecule has 2 N–H and O–H groups in total. The van der Waals surface area contributed by atoms with E-state index in [1.54, 1.807) is 30.3 Å². The number of hydrogen-bond acceptors (Lipinski definition) is 3. The smallest absolute Gasteiger partial charge is 0.255 e. The van der Waals surface area contributed by atoms with Gasteiger partial charge in [0, 0.05) is 16.9 Å². The molecular formula is C17H15N3O2. The molecule has 0 aromatic heterocycles. The standard InChI is InChI=1S/C17H15N3O2/c1-12-4-2-3-5-15(12)20-17(22)13-6-8-14(9-7-13)19-16(21)10-11-18/h2-9H,10H2,1H3,(H,19,21)(H,20,22). The van der Waals surface area contributed by atoms with Crippen molar-refractivity contribution in [3.8, 4) is 6.07 Å². The summed E-state index contributed by atoms with van der Waals surface area (Å²) >= 11 is 0. The zero-order valence-corrected chi connectivity index (χ0v) is 12.1. The van der Waals surface area contributed by atoms with Gasteiger partial charge in [0.05, 0.1) is 6.07 Å². The first-order chi connectivity index (χ1) is 10.6. The quantitative estimate of drug-likeness (QED) is 0.908. The maximum absolute atomic E-state index is 12.2. The molecule has 22 heavy (non-hydrogen) atoms. The van der Waals surface area contributed by atoms with Crippen molar-refractivity contribution in [2.45, 2.75) is 13.3 Å². The van der Waals surface area contributed by atoms with E-state index in [4.69, 9.17) is 5.26 Å². The summed E-state index contributed by atoms with van der Waals surface area (Å²) in [7, 11) is 0. The lowest BCUT2D eigenvalue weighted by Gasteiger charge is -2.09. The Labute approximate surface area is 128 Å². The van der Waals surface area contributed by atoms with Gasteiger partial charge in [0.2, 0.25) is 5.91 Å². The van der Waals surface area contributed by atoms with Crippen molar-refractivity contribution in [2.24, 2.45) is 0 Å². The number of hydrogen-bond donors (Lipinski definition) is 2. The Morgan fingerprint density at radius 1 is 1.05 bits per heavy atom. The highest BCUT2D eigenvalue weighted by Crippen LogP contribution is 2.16. The molecule has 0 aliphatic heterocycles. The largest absolute Gasteiger partial charge is 0.325 e. The van der Waals surface area contributed by atoms with E-state index in [1.165, 1.54) is 0 Å². The number of nitrogens with zero attached hydrogens (tertiary/aromatic N) is 1. The van der Waals surface area contributed by atoms with Crippen LogP contribution in [0.25, 0.3) is 0 Å². The van der Waals surface area contributed by atoms with Gasteiger partial charge in [0.15, 0.2) is 0 Å². The van der Waals surface area contributed by atoms with Gasteiger partial charge < -0.3 is 10.6 Å². The molecule has 5 nitrogen and oxygen atoms in total. The van der Waals surface area contributed by atoms with Crippen LogP contribution in [0.4, 0.5) is 11.4 Å². The maximum atomic E-state index is 12.2. The third kappa shape index (κ3) is 3.93. The number of aryl methyl sites for hydroxylation is 1. The van der Waals surface area contributed by atoms with E-state index >= 15 is 0 Å². The number of benzene rings is 2. The van der Waals surface area contributed by atoms with Crippen LogP contribution in [-0.4, -0.2) is 11.8 Å². The minimum atomic E-state index is -0.375. The molecule has 0 spiro atoms. The van der Waals surface area contributed by atoms with Gasteiger partial charge in [-0.15, -0.1) is 0 Å². The first kappa shape index (κ1) is 15.3. The molecular weight excluding hydrogens is 278 g/mol. The second-order valence-electron chi connectivity index (χ2n) is 4.73. The molecule has 0 unspecified atom stereocenters. The Morgan fingerprint density at radius 2 is 1.73 bits per heavy atom. The summed E-state index contributed by atoms with van der Waals surface area (Å²) in [5.74, 6) is -0.594. The van der Waals surface area contributed by atoms with E-state index in [1.807, 2.05) is 31.2 Å². The summed E-state index contributed by atoms with van der Waals surface area (Å²) in [6.07, 6.45) is -0.199. The van der Waals surface area contributed by atoms with Crippen LogP contribution >= 0.6 is 0 Å². The average molecular weight is 293 g/mol. The van der Waals surface area contributed by atoms with Crippen LogP contribution in [0.3, 0.4) is 0 Å². The van der Waals surface area contributed by atoms with Gasteiger partial charge in [-0.3, -0.25) is 9.59 Å². The Bertz CT molecular complexity index is 730. The summed E-state index contributed by atoms with van der Waals surface area (Å²) in [4.78, 5) is 23.5. The lowest BCUT2D eigenvalue weighted by molar-refractivity contribution is -0.115. The molecule has 0 aliphatic carbocycles. The highest BCUT2D eigenvalue weighted by molar-refractivity contribution is 6.05. The zero-order chi connectivity index (χ0) is 15.9. The first-order valence-electron chi connectivity index (χ1n) is 6.74. The minimum Gasteiger partial charge on any atom is -0.325 e. The second-order valence-corrected chi connectivity index (χ2v) is 4.73. The van der Waals surface area contributed by atoms with Crippen molar-refractivity contribution in [1.29, 1.82) is 5.26 Å². The number of para-hydroxylation sites is 1. The van der Waals surface area contributed by atoms with E-state index in [0.717, 1.165) is 11.3 Å². The Kier molecular flexibility index (Phi) is 4.89. The van der Waals surface area contributed by atoms with E-state index in [-0.39, 0.29) is 18.2 Å². The zero-order valence-electron chi connectivity index (χ0n) is 12.1. The normalized spacial score (nSPS) is 9.64. The SMILES string of the molecule is Cc1ccccc1NC(=O)c1ccc(NC(=O)CC#N)cc1. The summed E-state index contributed by atoms with van der Waals surface area (Å²) in [6.45, 7) is 1.92. The van der Waals surface area contributed by atoms with Crippen LogP contribution in [0.15, 0.2) is 48.5 Å². The molecule has 2 amide bonds. The number of nitriles is 1. The molecule has 0 fully saturated rings. The van der Waals surface area contributed by atoms with Gasteiger partial charge in [-0.05, 0) is 42.8 Å². The predicted octanol–water partition coefficient (Wildman–Crippen LogP) is 3.10. The average Bonchev–Trinajstić information content (AvgIpc) is 2.50. The van der Waals surface area contributed by atoms with Crippen molar-refractivity contribution < 1.29 is 9.59 Å². The highest BCUT2D eigenvalue weighted by atomic mass is 16.2. The molecule has 0 atom stereocenters. The third-order valence-corrected chi connectivity index (χ3v) is 3.06. The number of rotatable bonds is 4. The van der Waals surface area contributed by atoms with Gasteiger partial charge in [0.1, 0.15) is 6.42 Å². The number of nitrogens with one attached hydrogen (secondary N) is 2. The van der Waals surface area contributed by atoms with Crippen molar-refractivity contribution in [3.05, 3.63) is 59.7 Å². The van der Waals surface area contributed by atoms with E-state index in [2.05, 4.69) is 10.6 Å². The van der Waals surface area contributed by atoms with E-state index in [9.17, 15) is 9.59 Å². The van der Waals surface area contributed by atoms with E-state index < -0.39 is 0 Å². The molecule has 110 valence electrons. The summed E-state index contributed by atoms with van der Waals surface area (Å²) in [5, 5.41) is 13.8. The van der Waals surface area contributed by atoms with E-state index in [0.29, 0.717) is 11.3 Å². The van der Waals surface area contributed by atoms with Crippen molar-refractivity contribution in [3.63, 3.8) is 0 Å². The fourth-order valence-corrected chi connectivity index (χ4v) is 1.89. The number of amides is 2. The Balaban J connectivity index is 2.04. The van der Waals surface area contributed by atoms with Crippen LogP contribution in [0, 0.1) is 18.3 Å². The molecule has 2 rings (SSSR count). The fraction of sp³-hybridized carbons (Fsp3) is 0.118. The van der Waals surface area contributed by atoms with Gasteiger partial charge >= 0.3 is 0 Å². The molecule has 2 aromatic carbocycles. The Hall–Kier alpha value is -3.13. The van der Waals surface area contributed by atoms with Gasteiger partial charge in [-0.1, -0.05) is 18.2 Å².